The van der Waals surface area contributed by atoms with Gasteiger partial charge < -0.3 is 0 Å². The van der Waals surface area contributed by atoms with Gasteiger partial charge in [-0.05, 0) is 12.8 Å². The Morgan fingerprint density at radius 3 is 2.57 bits per heavy atom. The molecule has 0 aliphatic rings. The molecule has 0 atom stereocenters. The van der Waals surface area contributed by atoms with Crippen molar-refractivity contribution in [3.63, 3.8) is 0 Å². The van der Waals surface area contributed by atoms with Gasteiger partial charge in [0.15, 0.2) is 6.29 Å². The van der Waals surface area contributed by atoms with Gasteiger partial charge in [0, 0.05) is 12.7 Å². The first kappa shape index (κ1) is 11.0. The molecule has 0 unspecified atom stereocenters. The normalized spacial score (nSPS) is 10.9. The van der Waals surface area contributed by atoms with Crippen molar-refractivity contribution in [2.24, 2.45) is 5.92 Å². The second-order valence-corrected chi connectivity index (χ2v) is 3.69. The lowest BCUT2D eigenvalue weighted by atomic mass is 10.0. The second kappa shape index (κ2) is 4.94. The molecular weight excluding hydrogens is 176 g/mol. The van der Waals surface area contributed by atoms with Crippen LogP contribution in [0.2, 0.25) is 0 Å². The number of aryl methyl sites for hydroxylation is 1. The second-order valence-electron chi connectivity index (χ2n) is 3.69. The molecule has 0 fully saturated rings. The molecule has 1 aromatic heterocycles. The lowest BCUT2D eigenvalue weighted by Gasteiger charge is -2.11. The summed E-state index contributed by atoms with van der Waals surface area (Å²) in [7, 11) is 0. The van der Waals surface area contributed by atoms with E-state index >= 15 is 0 Å². The highest BCUT2D eigenvalue weighted by atomic mass is 16.1. The molecule has 1 heterocycles. The van der Waals surface area contributed by atoms with Crippen LogP contribution in [0.15, 0.2) is 6.20 Å². The smallest absolute Gasteiger partial charge is 0.153 e. The number of hydrogen-bond acceptors (Lipinski definition) is 2. The van der Waals surface area contributed by atoms with Gasteiger partial charge >= 0.3 is 0 Å². The molecular formula is C11H18N2O. The Morgan fingerprint density at radius 1 is 1.50 bits per heavy atom. The van der Waals surface area contributed by atoms with Crippen LogP contribution in [-0.4, -0.2) is 16.1 Å². The van der Waals surface area contributed by atoms with Gasteiger partial charge in [-0.15, -0.1) is 0 Å². The van der Waals surface area contributed by atoms with Crippen molar-refractivity contribution < 1.29 is 4.79 Å². The Kier molecular flexibility index (Phi) is 3.86. The summed E-state index contributed by atoms with van der Waals surface area (Å²) in [5.74, 6) is 0.661. The molecule has 0 radical (unpaired) electrons. The van der Waals surface area contributed by atoms with E-state index < -0.39 is 0 Å². The minimum atomic E-state index is 0.661. The summed E-state index contributed by atoms with van der Waals surface area (Å²) in [6.45, 7) is 7.16. The van der Waals surface area contributed by atoms with E-state index in [1.165, 1.54) is 0 Å². The predicted molar refractivity (Wildman–Crippen MR) is 56.4 cm³/mol. The third-order valence-corrected chi connectivity index (χ3v) is 2.71. The third kappa shape index (κ3) is 2.44. The minimum Gasteiger partial charge on any atom is -0.298 e. The van der Waals surface area contributed by atoms with Gasteiger partial charge in [0.1, 0.15) is 0 Å². The zero-order valence-electron chi connectivity index (χ0n) is 9.16. The number of aldehydes is 1. The van der Waals surface area contributed by atoms with Crippen molar-refractivity contribution >= 4 is 6.29 Å². The highest BCUT2D eigenvalue weighted by molar-refractivity contribution is 5.75. The molecule has 0 saturated heterocycles. The number of carbonyl (C=O) groups is 1. The van der Waals surface area contributed by atoms with Crippen molar-refractivity contribution in [2.75, 3.05) is 0 Å². The number of aromatic nitrogens is 2. The third-order valence-electron chi connectivity index (χ3n) is 2.71. The Hall–Kier alpha value is -1.12. The first-order valence-corrected chi connectivity index (χ1v) is 5.20. The first-order chi connectivity index (χ1) is 6.71. The van der Waals surface area contributed by atoms with E-state index in [9.17, 15) is 4.79 Å². The minimum absolute atomic E-state index is 0.661. The van der Waals surface area contributed by atoms with Gasteiger partial charge in [-0.1, -0.05) is 26.7 Å². The number of rotatable bonds is 5. The Balaban J connectivity index is 2.71. The summed E-state index contributed by atoms with van der Waals surface area (Å²) in [6.07, 6.45) is 5.02. The Bertz CT molecular complexity index is 300. The van der Waals surface area contributed by atoms with Gasteiger partial charge in [0.2, 0.25) is 0 Å². The molecule has 1 rings (SSSR count). The average Bonchev–Trinajstić information content (AvgIpc) is 2.55. The molecule has 1 aromatic rings. The van der Waals surface area contributed by atoms with Gasteiger partial charge in [-0.2, -0.15) is 5.10 Å². The SMILES string of the molecule is CCC(CC)Cn1cc(C=O)c(C)n1. The average molecular weight is 194 g/mol. The summed E-state index contributed by atoms with van der Waals surface area (Å²) in [5.41, 5.74) is 1.53. The predicted octanol–water partition coefficient (Wildman–Crippen LogP) is 2.44. The summed E-state index contributed by atoms with van der Waals surface area (Å²) >= 11 is 0. The first-order valence-electron chi connectivity index (χ1n) is 5.20. The molecule has 14 heavy (non-hydrogen) atoms. The molecule has 0 spiro atoms. The summed E-state index contributed by atoms with van der Waals surface area (Å²) in [4.78, 5) is 10.6. The van der Waals surface area contributed by atoms with Crippen LogP contribution >= 0.6 is 0 Å². The molecule has 0 N–H and O–H groups in total. The summed E-state index contributed by atoms with van der Waals surface area (Å²) in [5, 5.41) is 4.30. The van der Waals surface area contributed by atoms with Crippen LogP contribution < -0.4 is 0 Å². The highest BCUT2D eigenvalue weighted by Gasteiger charge is 2.08. The molecule has 0 aromatic carbocycles. The number of carbonyl (C=O) groups excluding carboxylic acids is 1. The zero-order valence-corrected chi connectivity index (χ0v) is 9.16. The molecule has 0 aliphatic heterocycles. The van der Waals surface area contributed by atoms with Crippen LogP contribution in [0, 0.1) is 12.8 Å². The van der Waals surface area contributed by atoms with Crippen LogP contribution in [0.4, 0.5) is 0 Å². The highest BCUT2D eigenvalue weighted by Crippen LogP contribution is 2.11. The number of nitrogens with zero attached hydrogens (tertiary/aromatic N) is 2. The van der Waals surface area contributed by atoms with Crippen molar-refractivity contribution in [3.8, 4) is 0 Å². The van der Waals surface area contributed by atoms with Crippen molar-refractivity contribution in [2.45, 2.75) is 40.2 Å². The van der Waals surface area contributed by atoms with Crippen LogP contribution in [0.25, 0.3) is 0 Å². The van der Waals surface area contributed by atoms with Crippen molar-refractivity contribution in [3.05, 3.63) is 17.5 Å². The standard InChI is InChI=1S/C11H18N2O/c1-4-10(5-2)6-13-7-11(8-14)9(3)12-13/h7-8,10H,4-6H2,1-3H3. The van der Waals surface area contributed by atoms with E-state index in [0.717, 1.165) is 31.4 Å². The fourth-order valence-corrected chi connectivity index (χ4v) is 1.55. The molecule has 0 saturated carbocycles. The van der Waals surface area contributed by atoms with Gasteiger partial charge in [-0.25, -0.2) is 0 Å². The lowest BCUT2D eigenvalue weighted by Crippen LogP contribution is -2.09. The monoisotopic (exact) mass is 194 g/mol. The van der Waals surface area contributed by atoms with Crippen LogP contribution in [0.3, 0.4) is 0 Å². The largest absolute Gasteiger partial charge is 0.298 e. The van der Waals surface area contributed by atoms with E-state index in [0.29, 0.717) is 11.5 Å². The van der Waals surface area contributed by atoms with Crippen molar-refractivity contribution in [1.82, 2.24) is 9.78 Å². The van der Waals surface area contributed by atoms with Crippen LogP contribution in [0.5, 0.6) is 0 Å². The molecule has 0 amide bonds. The Labute approximate surface area is 85.1 Å². The zero-order chi connectivity index (χ0) is 10.6. The van der Waals surface area contributed by atoms with Gasteiger partial charge in [0.25, 0.3) is 0 Å². The lowest BCUT2D eigenvalue weighted by molar-refractivity contribution is 0.112. The molecule has 3 heteroatoms. The quantitative estimate of drug-likeness (QED) is 0.675. The van der Waals surface area contributed by atoms with E-state index in [1.807, 2.05) is 17.8 Å². The van der Waals surface area contributed by atoms with E-state index in [2.05, 4.69) is 18.9 Å². The van der Waals surface area contributed by atoms with Crippen LogP contribution in [0.1, 0.15) is 42.7 Å². The topological polar surface area (TPSA) is 34.9 Å². The van der Waals surface area contributed by atoms with E-state index in [1.54, 1.807) is 0 Å². The van der Waals surface area contributed by atoms with Crippen LogP contribution in [-0.2, 0) is 6.54 Å². The van der Waals surface area contributed by atoms with E-state index in [-0.39, 0.29) is 0 Å². The van der Waals surface area contributed by atoms with E-state index in [4.69, 9.17) is 0 Å². The molecule has 78 valence electrons. The number of hydrogen-bond donors (Lipinski definition) is 0. The maximum absolute atomic E-state index is 10.6. The van der Waals surface area contributed by atoms with Gasteiger partial charge in [0.05, 0.1) is 11.3 Å². The molecule has 0 bridgehead atoms. The van der Waals surface area contributed by atoms with Crippen molar-refractivity contribution in [1.29, 1.82) is 0 Å². The fourth-order valence-electron chi connectivity index (χ4n) is 1.55. The fraction of sp³-hybridized carbons (Fsp3) is 0.636. The maximum atomic E-state index is 10.6. The summed E-state index contributed by atoms with van der Waals surface area (Å²) < 4.78 is 1.89. The van der Waals surface area contributed by atoms with Gasteiger partial charge in [-0.3, -0.25) is 9.48 Å². The molecule has 3 nitrogen and oxygen atoms in total. The maximum Gasteiger partial charge on any atom is 0.153 e. The summed E-state index contributed by atoms with van der Waals surface area (Å²) in [6, 6.07) is 0. The Morgan fingerprint density at radius 2 is 2.14 bits per heavy atom. The molecule has 0 aliphatic carbocycles.